The SMILES string of the molecule is COC(=O)C(C)(C)OCc1cc2cc(C(F)(F)F)ccc2n1S(=O)(=O)c1ccc2c(c1)CCN2C(C)=O. The minimum atomic E-state index is -4.62. The summed E-state index contributed by atoms with van der Waals surface area (Å²) < 4.78 is 79.0. The second-order valence-corrected chi connectivity index (χ2v) is 11.0. The molecule has 0 radical (unpaired) electrons. The summed E-state index contributed by atoms with van der Waals surface area (Å²) in [5.74, 6) is -0.870. The van der Waals surface area contributed by atoms with Crippen molar-refractivity contribution >= 4 is 38.5 Å². The zero-order chi connectivity index (χ0) is 27.3. The summed E-state index contributed by atoms with van der Waals surface area (Å²) in [5.41, 5.74) is -1.05. The second kappa shape index (κ2) is 9.18. The molecular weight excluding hydrogens is 513 g/mol. The van der Waals surface area contributed by atoms with Crippen molar-refractivity contribution in [3.05, 3.63) is 59.3 Å². The largest absolute Gasteiger partial charge is 0.467 e. The Hall–Kier alpha value is -3.38. The fourth-order valence-electron chi connectivity index (χ4n) is 4.34. The van der Waals surface area contributed by atoms with E-state index in [9.17, 15) is 31.2 Å². The van der Waals surface area contributed by atoms with Crippen LogP contribution < -0.4 is 4.90 Å². The van der Waals surface area contributed by atoms with Crippen LogP contribution in [0.25, 0.3) is 10.9 Å². The van der Waals surface area contributed by atoms with E-state index in [0.717, 1.165) is 22.2 Å². The zero-order valence-corrected chi connectivity index (χ0v) is 21.4. The number of methoxy groups -OCH3 is 1. The van der Waals surface area contributed by atoms with E-state index in [4.69, 9.17) is 9.47 Å². The van der Waals surface area contributed by atoms with Crippen LogP contribution in [0.3, 0.4) is 0 Å². The molecule has 0 unspecified atom stereocenters. The molecular formula is C25H25F3N2O6S. The van der Waals surface area contributed by atoms with Gasteiger partial charge in [0.2, 0.25) is 5.91 Å². The molecule has 0 atom stereocenters. The number of carbonyl (C=O) groups is 2. The highest BCUT2D eigenvalue weighted by molar-refractivity contribution is 7.90. The topological polar surface area (TPSA) is 94.9 Å². The lowest BCUT2D eigenvalue weighted by Crippen LogP contribution is -2.36. The number of carbonyl (C=O) groups excluding carboxylic acids is 2. The molecule has 4 rings (SSSR count). The van der Waals surface area contributed by atoms with Crippen molar-refractivity contribution in [2.75, 3.05) is 18.6 Å². The van der Waals surface area contributed by atoms with Crippen molar-refractivity contribution in [1.82, 2.24) is 3.97 Å². The van der Waals surface area contributed by atoms with Gasteiger partial charge in [-0.2, -0.15) is 13.2 Å². The summed E-state index contributed by atoms with van der Waals surface area (Å²) in [4.78, 5) is 25.4. The molecule has 0 saturated carbocycles. The third-order valence-corrected chi connectivity index (χ3v) is 8.04. The Morgan fingerprint density at radius 1 is 1.05 bits per heavy atom. The average Bonchev–Trinajstić information content (AvgIpc) is 3.42. The van der Waals surface area contributed by atoms with Gasteiger partial charge in [0, 0.05) is 24.5 Å². The van der Waals surface area contributed by atoms with Crippen LogP contribution in [0.4, 0.5) is 18.9 Å². The standard InChI is InChI=1S/C25H25F3N2O6S/c1-15(31)29-10-9-16-13-20(6-8-21(16)29)37(33,34)30-19(14-36-24(2,3)23(32)35-4)12-17-11-18(25(26,27)28)5-7-22(17)30/h5-8,11-13H,9-10,14H2,1-4H3. The van der Waals surface area contributed by atoms with E-state index in [1.54, 1.807) is 11.0 Å². The normalized spacial score (nSPS) is 14.2. The van der Waals surface area contributed by atoms with Gasteiger partial charge in [0.05, 0.1) is 35.4 Å². The first-order valence-electron chi connectivity index (χ1n) is 11.3. The Labute approximate surface area is 211 Å². The van der Waals surface area contributed by atoms with E-state index in [2.05, 4.69) is 0 Å². The van der Waals surface area contributed by atoms with Crippen LogP contribution in [-0.2, 0) is 48.3 Å². The van der Waals surface area contributed by atoms with Crippen LogP contribution in [0.15, 0.2) is 47.4 Å². The maximum Gasteiger partial charge on any atom is 0.416 e. The van der Waals surface area contributed by atoms with Crippen molar-refractivity contribution in [2.24, 2.45) is 0 Å². The lowest BCUT2D eigenvalue weighted by Gasteiger charge is -2.22. The fourth-order valence-corrected chi connectivity index (χ4v) is 5.92. The number of benzene rings is 2. The van der Waals surface area contributed by atoms with Crippen LogP contribution in [0.5, 0.6) is 0 Å². The molecule has 0 spiro atoms. The van der Waals surface area contributed by atoms with Gasteiger partial charge < -0.3 is 14.4 Å². The number of amides is 1. The minimum Gasteiger partial charge on any atom is -0.467 e. The Balaban J connectivity index is 1.85. The quantitative estimate of drug-likeness (QED) is 0.435. The summed E-state index contributed by atoms with van der Waals surface area (Å²) in [6, 6.07) is 8.42. The molecule has 12 heteroatoms. The van der Waals surface area contributed by atoms with Gasteiger partial charge in [0.25, 0.3) is 10.0 Å². The Bertz CT molecular complexity index is 1510. The van der Waals surface area contributed by atoms with Gasteiger partial charge in [-0.05, 0) is 68.3 Å². The highest BCUT2D eigenvalue weighted by atomic mass is 32.2. The second-order valence-electron chi connectivity index (χ2n) is 9.18. The minimum absolute atomic E-state index is 0.0216. The molecule has 0 bridgehead atoms. The first-order valence-corrected chi connectivity index (χ1v) is 12.7. The van der Waals surface area contributed by atoms with Crippen molar-refractivity contribution < 1.29 is 40.7 Å². The molecule has 0 saturated heterocycles. The number of esters is 1. The van der Waals surface area contributed by atoms with Crippen molar-refractivity contribution in [2.45, 2.75) is 50.5 Å². The summed E-state index contributed by atoms with van der Waals surface area (Å²) in [6.07, 6.45) is -4.16. The molecule has 1 aliphatic rings. The lowest BCUT2D eigenvalue weighted by atomic mass is 10.1. The number of aromatic nitrogens is 1. The maximum atomic E-state index is 13.9. The van der Waals surface area contributed by atoms with Gasteiger partial charge in [-0.1, -0.05) is 0 Å². The molecule has 1 amide bonds. The van der Waals surface area contributed by atoms with E-state index in [1.807, 2.05) is 0 Å². The molecule has 198 valence electrons. The van der Waals surface area contributed by atoms with Gasteiger partial charge in [-0.15, -0.1) is 0 Å². The van der Waals surface area contributed by atoms with E-state index < -0.39 is 39.9 Å². The average molecular weight is 539 g/mol. The number of alkyl halides is 3. The van der Waals surface area contributed by atoms with Crippen molar-refractivity contribution in [3.8, 4) is 0 Å². The molecule has 3 aromatic rings. The molecule has 2 aromatic carbocycles. The molecule has 2 heterocycles. The van der Waals surface area contributed by atoms with Crippen molar-refractivity contribution in [3.63, 3.8) is 0 Å². The third-order valence-electron chi connectivity index (χ3n) is 6.28. The molecule has 37 heavy (non-hydrogen) atoms. The number of hydrogen-bond donors (Lipinski definition) is 0. The van der Waals surface area contributed by atoms with Gasteiger partial charge >= 0.3 is 12.1 Å². The van der Waals surface area contributed by atoms with E-state index in [0.29, 0.717) is 24.2 Å². The number of ether oxygens (including phenoxy) is 2. The Morgan fingerprint density at radius 3 is 2.38 bits per heavy atom. The van der Waals surface area contributed by atoms with Crippen LogP contribution in [-0.4, -0.2) is 43.5 Å². The van der Waals surface area contributed by atoms with E-state index in [1.165, 1.54) is 46.1 Å². The first-order chi connectivity index (χ1) is 17.2. The Morgan fingerprint density at radius 2 is 1.76 bits per heavy atom. The number of hydrogen-bond acceptors (Lipinski definition) is 6. The fraction of sp³-hybridized carbons (Fsp3) is 0.360. The predicted octanol–water partition coefficient (Wildman–Crippen LogP) is 4.27. The lowest BCUT2D eigenvalue weighted by molar-refractivity contribution is -0.166. The van der Waals surface area contributed by atoms with Crippen LogP contribution in [0, 0.1) is 0 Å². The molecule has 1 aliphatic heterocycles. The van der Waals surface area contributed by atoms with E-state index >= 15 is 0 Å². The summed E-state index contributed by atoms with van der Waals surface area (Å²) in [6.45, 7) is 4.30. The van der Waals surface area contributed by atoms with Gasteiger partial charge in [0.15, 0.2) is 5.60 Å². The van der Waals surface area contributed by atoms with Gasteiger partial charge in [0.1, 0.15) is 0 Å². The van der Waals surface area contributed by atoms with Crippen LogP contribution in [0.2, 0.25) is 0 Å². The molecule has 8 nitrogen and oxygen atoms in total. The predicted molar refractivity (Wildman–Crippen MR) is 129 cm³/mol. The summed E-state index contributed by atoms with van der Waals surface area (Å²) in [7, 11) is -3.14. The third kappa shape index (κ3) is 4.82. The summed E-state index contributed by atoms with van der Waals surface area (Å²) >= 11 is 0. The smallest absolute Gasteiger partial charge is 0.416 e. The van der Waals surface area contributed by atoms with Crippen LogP contribution in [0.1, 0.15) is 37.6 Å². The number of anilines is 1. The number of halogens is 3. The molecule has 0 aliphatic carbocycles. The van der Waals surface area contributed by atoms with Gasteiger partial charge in [-0.25, -0.2) is 17.2 Å². The first kappa shape index (κ1) is 26.7. The summed E-state index contributed by atoms with van der Waals surface area (Å²) in [5, 5.41) is 0.0387. The molecule has 0 fully saturated rings. The highest BCUT2D eigenvalue weighted by Crippen LogP contribution is 2.36. The maximum absolute atomic E-state index is 13.9. The Kier molecular flexibility index (Phi) is 6.62. The zero-order valence-electron chi connectivity index (χ0n) is 20.5. The number of nitrogens with zero attached hydrogens (tertiary/aromatic N) is 2. The molecule has 1 aromatic heterocycles. The van der Waals surface area contributed by atoms with Crippen LogP contribution >= 0.6 is 0 Å². The number of rotatable bonds is 6. The van der Waals surface area contributed by atoms with E-state index in [-0.39, 0.29) is 27.4 Å². The molecule has 0 N–H and O–H groups in total. The van der Waals surface area contributed by atoms with Gasteiger partial charge in [-0.3, -0.25) is 4.79 Å². The van der Waals surface area contributed by atoms with Crippen molar-refractivity contribution in [1.29, 1.82) is 0 Å². The highest BCUT2D eigenvalue weighted by Gasteiger charge is 2.34. The number of fused-ring (bicyclic) bond motifs is 2. The monoisotopic (exact) mass is 538 g/mol.